The third-order valence-electron chi connectivity index (χ3n) is 10.3. The summed E-state index contributed by atoms with van der Waals surface area (Å²) >= 11 is 1.34. The number of unbranched alkanes of at least 4 members (excludes halogenated alkanes) is 19. The van der Waals surface area contributed by atoms with E-state index in [1.165, 1.54) is 127 Å². The second kappa shape index (κ2) is 38.4. The summed E-state index contributed by atoms with van der Waals surface area (Å²) in [4.78, 5) is 42.0. The molecular formula is C44H85N3O3S. The van der Waals surface area contributed by atoms with Crippen molar-refractivity contribution in [2.24, 2.45) is 5.92 Å². The molecule has 0 heterocycles. The fourth-order valence-electron chi connectivity index (χ4n) is 6.66. The maximum atomic E-state index is 13.7. The summed E-state index contributed by atoms with van der Waals surface area (Å²) in [5.41, 5.74) is 0. The van der Waals surface area contributed by atoms with Crippen molar-refractivity contribution in [2.45, 2.75) is 214 Å². The molecule has 0 radical (unpaired) electrons. The van der Waals surface area contributed by atoms with E-state index < -0.39 is 6.04 Å². The lowest BCUT2D eigenvalue weighted by Crippen LogP contribution is -2.50. The van der Waals surface area contributed by atoms with Crippen LogP contribution in [-0.4, -0.2) is 59.8 Å². The minimum Gasteiger partial charge on any atom is -0.353 e. The lowest BCUT2D eigenvalue weighted by molar-refractivity contribution is -0.131. The maximum Gasteiger partial charge on any atom is 0.242 e. The lowest BCUT2D eigenvalue weighted by atomic mass is 9.93. The van der Waals surface area contributed by atoms with Crippen LogP contribution in [0.3, 0.4) is 0 Å². The topological polar surface area (TPSA) is 78.5 Å². The Kier molecular flexibility index (Phi) is 37.4. The van der Waals surface area contributed by atoms with Crippen LogP contribution in [-0.2, 0) is 14.4 Å². The molecule has 0 bridgehead atoms. The number of likely N-dealkylation sites (N-methyl/N-ethyl adjacent to an activating group) is 1. The van der Waals surface area contributed by atoms with Gasteiger partial charge in [0.2, 0.25) is 11.8 Å². The van der Waals surface area contributed by atoms with Gasteiger partial charge in [-0.2, -0.15) is 0 Å². The predicted octanol–water partition coefficient (Wildman–Crippen LogP) is 12.0. The molecule has 2 atom stereocenters. The van der Waals surface area contributed by atoms with Gasteiger partial charge < -0.3 is 15.5 Å². The average molecular weight is 736 g/mol. The highest BCUT2D eigenvalue weighted by molar-refractivity contribution is 8.13. The fourth-order valence-corrected chi connectivity index (χ4v) is 7.53. The number of hydrogen-bond donors (Lipinski definition) is 2. The maximum absolute atomic E-state index is 13.7. The summed E-state index contributed by atoms with van der Waals surface area (Å²) in [7, 11) is 0. The molecule has 0 aromatic carbocycles. The average Bonchev–Trinajstić information content (AvgIpc) is 3.13. The number of rotatable bonds is 38. The van der Waals surface area contributed by atoms with Crippen LogP contribution in [0, 0.1) is 5.92 Å². The molecule has 0 aromatic heterocycles. The number of allylic oxidation sites excluding steroid dienone is 2. The quantitative estimate of drug-likeness (QED) is 0.0487. The Morgan fingerprint density at radius 1 is 0.569 bits per heavy atom. The molecule has 2 N–H and O–H groups in total. The molecule has 6 nitrogen and oxygen atoms in total. The van der Waals surface area contributed by atoms with Gasteiger partial charge in [0.1, 0.15) is 6.04 Å². The highest BCUT2D eigenvalue weighted by atomic mass is 32.2. The molecule has 0 aliphatic heterocycles. The second-order valence-electron chi connectivity index (χ2n) is 14.8. The van der Waals surface area contributed by atoms with Crippen molar-refractivity contribution in [1.29, 1.82) is 0 Å². The first-order chi connectivity index (χ1) is 24.9. The lowest BCUT2D eigenvalue weighted by Gasteiger charge is -2.24. The monoisotopic (exact) mass is 736 g/mol. The van der Waals surface area contributed by atoms with Crippen LogP contribution in [0.4, 0.5) is 0 Å². The normalized spacial score (nSPS) is 12.8. The Morgan fingerprint density at radius 3 is 1.57 bits per heavy atom. The number of carbonyl (C=O) groups is 3. The summed E-state index contributed by atoms with van der Waals surface area (Å²) < 4.78 is 0. The zero-order valence-corrected chi connectivity index (χ0v) is 35.3. The second-order valence-corrected chi connectivity index (χ2v) is 16.0. The molecular weight excluding hydrogens is 651 g/mol. The molecule has 0 spiro atoms. The number of amides is 2. The fraction of sp³-hybridized carbons (Fsp3) is 0.886. The van der Waals surface area contributed by atoms with Gasteiger partial charge in [-0.3, -0.25) is 14.4 Å². The standard InChI is InChI=1S/C44H85N3O3S/c1-6-11-14-17-19-20-21-22-23-24-25-26-27-29-32-35-42(48)51-39-36-41(44(50)45-37-38-47(9-4)10-5)46-43(49)40(33-30-16-13-8-3)34-31-28-18-15-12-7-2/h22-23,40-41H,6-21,24-39H2,1-5H3,(H,45,50)(H,46,49)/b23-22-. The highest BCUT2D eigenvalue weighted by Gasteiger charge is 2.25. The Labute approximate surface area is 321 Å². The van der Waals surface area contributed by atoms with E-state index >= 15 is 0 Å². The van der Waals surface area contributed by atoms with E-state index in [1.54, 1.807) is 0 Å². The Hall–Kier alpha value is -1.34. The SMILES string of the molecule is CCCCCCCC/C=C\CCCCCCCC(=O)SCCC(NC(=O)C(CCCCCC)CCCCCCCC)C(=O)NCCN(CC)CC. The van der Waals surface area contributed by atoms with Gasteiger partial charge in [-0.15, -0.1) is 0 Å². The van der Waals surface area contributed by atoms with Crippen LogP contribution in [0.15, 0.2) is 12.2 Å². The summed E-state index contributed by atoms with van der Waals surface area (Å²) in [5.74, 6) is 0.407. The van der Waals surface area contributed by atoms with Crippen LogP contribution < -0.4 is 10.6 Å². The molecule has 0 saturated heterocycles. The van der Waals surface area contributed by atoms with Gasteiger partial charge in [0.15, 0.2) is 5.12 Å². The number of hydrogen-bond acceptors (Lipinski definition) is 5. The minimum atomic E-state index is -0.600. The molecule has 2 amide bonds. The van der Waals surface area contributed by atoms with Crippen molar-refractivity contribution in [3.63, 3.8) is 0 Å². The predicted molar refractivity (Wildman–Crippen MR) is 225 cm³/mol. The minimum absolute atomic E-state index is 0.0218. The molecule has 0 rings (SSSR count). The number of nitrogens with zero attached hydrogens (tertiary/aromatic N) is 1. The largest absolute Gasteiger partial charge is 0.353 e. The van der Waals surface area contributed by atoms with Crippen LogP contribution in [0.2, 0.25) is 0 Å². The Morgan fingerprint density at radius 2 is 1.04 bits per heavy atom. The van der Waals surface area contributed by atoms with E-state index in [0.717, 1.165) is 64.6 Å². The van der Waals surface area contributed by atoms with E-state index in [9.17, 15) is 14.4 Å². The van der Waals surface area contributed by atoms with Crippen molar-refractivity contribution < 1.29 is 14.4 Å². The molecule has 51 heavy (non-hydrogen) atoms. The first-order valence-corrected chi connectivity index (χ1v) is 23.0. The van der Waals surface area contributed by atoms with Gasteiger partial charge >= 0.3 is 0 Å². The van der Waals surface area contributed by atoms with Gasteiger partial charge in [0, 0.05) is 31.2 Å². The van der Waals surface area contributed by atoms with E-state index in [4.69, 9.17) is 0 Å². The number of carbonyl (C=O) groups excluding carboxylic acids is 3. The van der Waals surface area contributed by atoms with Crippen molar-refractivity contribution in [3.8, 4) is 0 Å². The van der Waals surface area contributed by atoms with Crippen LogP contribution >= 0.6 is 11.8 Å². The van der Waals surface area contributed by atoms with Crippen molar-refractivity contribution in [3.05, 3.63) is 12.2 Å². The third kappa shape index (κ3) is 31.9. The Balaban J connectivity index is 4.73. The third-order valence-corrected chi connectivity index (χ3v) is 11.2. The first kappa shape index (κ1) is 49.7. The number of nitrogens with one attached hydrogen (secondary N) is 2. The van der Waals surface area contributed by atoms with Gasteiger partial charge in [-0.1, -0.05) is 174 Å². The van der Waals surface area contributed by atoms with E-state index in [1.807, 2.05) is 0 Å². The molecule has 0 aliphatic rings. The van der Waals surface area contributed by atoms with Crippen LogP contribution in [0.25, 0.3) is 0 Å². The molecule has 2 unspecified atom stereocenters. The van der Waals surface area contributed by atoms with Crippen LogP contribution in [0.5, 0.6) is 0 Å². The van der Waals surface area contributed by atoms with Gasteiger partial charge in [0.05, 0.1) is 0 Å². The molecule has 300 valence electrons. The summed E-state index contributed by atoms with van der Waals surface area (Å²) in [5, 5.41) is 6.46. The zero-order valence-electron chi connectivity index (χ0n) is 34.5. The van der Waals surface area contributed by atoms with Crippen molar-refractivity contribution >= 4 is 28.7 Å². The highest BCUT2D eigenvalue weighted by Crippen LogP contribution is 2.21. The van der Waals surface area contributed by atoms with Crippen LogP contribution in [0.1, 0.15) is 208 Å². The summed E-state index contributed by atoms with van der Waals surface area (Å²) in [6.45, 7) is 14.2. The first-order valence-electron chi connectivity index (χ1n) is 22.0. The molecule has 0 aromatic rings. The number of thioether (sulfide) groups is 1. The Bertz CT molecular complexity index is 832. The van der Waals surface area contributed by atoms with Gasteiger partial charge in [-0.05, 0) is 64.5 Å². The molecule has 0 aliphatic carbocycles. The van der Waals surface area contributed by atoms with E-state index in [0.29, 0.717) is 25.1 Å². The summed E-state index contributed by atoms with van der Waals surface area (Å²) in [6, 6.07) is -0.600. The molecule has 0 saturated carbocycles. The van der Waals surface area contributed by atoms with Crippen molar-refractivity contribution in [2.75, 3.05) is 31.9 Å². The van der Waals surface area contributed by atoms with E-state index in [2.05, 4.69) is 62.3 Å². The van der Waals surface area contributed by atoms with E-state index in [-0.39, 0.29) is 22.8 Å². The molecule has 7 heteroatoms. The van der Waals surface area contributed by atoms with Crippen molar-refractivity contribution in [1.82, 2.24) is 15.5 Å². The van der Waals surface area contributed by atoms with Gasteiger partial charge in [0.25, 0.3) is 0 Å². The summed E-state index contributed by atoms with van der Waals surface area (Å²) in [6.07, 6.45) is 35.7. The van der Waals surface area contributed by atoms with Gasteiger partial charge in [-0.25, -0.2) is 0 Å². The molecule has 0 fully saturated rings. The smallest absolute Gasteiger partial charge is 0.242 e. The zero-order chi connectivity index (χ0) is 37.6.